The summed E-state index contributed by atoms with van der Waals surface area (Å²) in [6, 6.07) is 7.83. The number of carbonyl (C=O) groups excluding carboxylic acids is 1. The number of primary sulfonamides is 1. The lowest BCUT2D eigenvalue weighted by Gasteiger charge is -2.09. The van der Waals surface area contributed by atoms with Gasteiger partial charge in [0.25, 0.3) is 10.0 Å². The first-order valence-electron chi connectivity index (χ1n) is 6.03. The quantitative estimate of drug-likeness (QED) is 0.757. The molecule has 21 heavy (non-hydrogen) atoms. The number of carbonyl (C=O) groups is 1. The Bertz CT molecular complexity index is 780. The third-order valence-corrected chi connectivity index (χ3v) is 3.66. The van der Waals surface area contributed by atoms with Gasteiger partial charge in [0.2, 0.25) is 11.0 Å². The van der Waals surface area contributed by atoms with E-state index in [9.17, 15) is 13.2 Å². The summed E-state index contributed by atoms with van der Waals surface area (Å²) < 4.78 is 27.3. The molecule has 1 aromatic heterocycles. The fraction of sp³-hybridized carbons (Fsp3) is 0.154. The van der Waals surface area contributed by atoms with Crippen LogP contribution in [0.4, 0.5) is 5.69 Å². The second kappa shape index (κ2) is 5.58. The average Bonchev–Trinajstić information content (AvgIpc) is 2.85. The van der Waals surface area contributed by atoms with Gasteiger partial charge in [-0.1, -0.05) is 0 Å². The number of primary amides is 1. The van der Waals surface area contributed by atoms with Crippen LogP contribution in [0.25, 0.3) is 0 Å². The van der Waals surface area contributed by atoms with Gasteiger partial charge in [-0.25, -0.2) is 13.6 Å². The molecule has 1 aromatic carbocycles. The van der Waals surface area contributed by atoms with Crippen molar-refractivity contribution in [3.8, 4) is 0 Å². The maximum Gasteiger partial charge on any atom is 0.271 e. The summed E-state index contributed by atoms with van der Waals surface area (Å²) in [7, 11) is -3.83. The molecular formula is C13H15N3O4S. The van der Waals surface area contributed by atoms with Crippen molar-refractivity contribution in [1.29, 1.82) is 0 Å². The normalized spacial score (nSPS) is 11.3. The second-order valence-electron chi connectivity index (χ2n) is 4.51. The molecule has 0 aliphatic rings. The fourth-order valence-corrected chi connectivity index (χ4v) is 2.28. The zero-order valence-corrected chi connectivity index (χ0v) is 12.1. The molecule has 0 aliphatic carbocycles. The molecule has 0 fully saturated rings. The summed E-state index contributed by atoms with van der Waals surface area (Å²) in [5, 5.41) is 7.76. The van der Waals surface area contributed by atoms with Gasteiger partial charge in [-0.05, 0) is 42.8 Å². The Balaban J connectivity index is 2.10. The Morgan fingerprint density at radius 3 is 2.52 bits per heavy atom. The number of furan rings is 1. The van der Waals surface area contributed by atoms with E-state index in [1.165, 1.54) is 12.1 Å². The van der Waals surface area contributed by atoms with Crippen molar-refractivity contribution in [2.24, 2.45) is 10.9 Å². The molecule has 8 heteroatoms. The first-order chi connectivity index (χ1) is 9.77. The number of aryl methyl sites for hydroxylation is 1. The number of hydrogen-bond donors (Lipinski definition) is 3. The maximum absolute atomic E-state index is 11.1. The number of nitrogens with one attached hydrogen (secondary N) is 1. The molecule has 1 amide bonds. The Morgan fingerprint density at radius 1 is 1.29 bits per heavy atom. The number of rotatable bonds is 5. The molecule has 0 radical (unpaired) electrons. The van der Waals surface area contributed by atoms with Crippen LogP contribution in [0.1, 0.15) is 21.7 Å². The molecule has 112 valence electrons. The van der Waals surface area contributed by atoms with Crippen molar-refractivity contribution in [2.45, 2.75) is 18.6 Å². The molecule has 0 saturated heterocycles. The van der Waals surface area contributed by atoms with Gasteiger partial charge in [-0.2, -0.15) is 0 Å². The highest BCUT2D eigenvalue weighted by Gasteiger charge is 2.13. The Hall–Kier alpha value is -2.32. The van der Waals surface area contributed by atoms with Crippen LogP contribution in [0.3, 0.4) is 0 Å². The van der Waals surface area contributed by atoms with E-state index in [0.29, 0.717) is 11.3 Å². The van der Waals surface area contributed by atoms with Crippen molar-refractivity contribution in [1.82, 2.24) is 0 Å². The van der Waals surface area contributed by atoms with Crippen molar-refractivity contribution >= 4 is 21.6 Å². The Labute approximate surface area is 122 Å². The van der Waals surface area contributed by atoms with Gasteiger partial charge >= 0.3 is 0 Å². The van der Waals surface area contributed by atoms with Gasteiger partial charge in [0.1, 0.15) is 5.76 Å². The van der Waals surface area contributed by atoms with E-state index in [-0.39, 0.29) is 11.6 Å². The number of anilines is 1. The molecule has 5 N–H and O–H groups in total. The zero-order chi connectivity index (χ0) is 15.6. The van der Waals surface area contributed by atoms with E-state index in [4.69, 9.17) is 15.3 Å². The Morgan fingerprint density at radius 2 is 2.00 bits per heavy atom. The minimum absolute atomic E-state index is 0.278. The SMILES string of the molecule is Cc1cc(C(N)=O)ccc1NCc1ccc(S(N)(=O)=O)o1. The van der Waals surface area contributed by atoms with Crippen molar-refractivity contribution in [3.63, 3.8) is 0 Å². The largest absolute Gasteiger partial charge is 0.446 e. The molecule has 0 saturated carbocycles. The summed E-state index contributed by atoms with van der Waals surface area (Å²) in [5.74, 6) is -0.0640. The van der Waals surface area contributed by atoms with Crippen LogP contribution in [-0.2, 0) is 16.6 Å². The predicted octanol–water partition coefficient (Wildman–Crippen LogP) is 0.946. The lowest BCUT2D eigenvalue weighted by molar-refractivity contribution is 0.1000. The number of amides is 1. The van der Waals surface area contributed by atoms with Crippen LogP contribution in [-0.4, -0.2) is 14.3 Å². The molecular weight excluding hydrogens is 294 g/mol. The molecule has 0 aliphatic heterocycles. The van der Waals surface area contributed by atoms with Crippen LogP contribution >= 0.6 is 0 Å². The summed E-state index contributed by atoms with van der Waals surface area (Å²) in [5.41, 5.74) is 7.25. The van der Waals surface area contributed by atoms with Gasteiger partial charge in [-0.15, -0.1) is 0 Å². The number of benzene rings is 1. The number of hydrogen-bond acceptors (Lipinski definition) is 5. The smallest absolute Gasteiger partial charge is 0.271 e. The van der Waals surface area contributed by atoms with Crippen LogP contribution in [0.5, 0.6) is 0 Å². The van der Waals surface area contributed by atoms with Gasteiger partial charge < -0.3 is 15.5 Å². The second-order valence-corrected chi connectivity index (χ2v) is 6.01. The van der Waals surface area contributed by atoms with Gasteiger partial charge in [0.15, 0.2) is 0 Å². The number of sulfonamides is 1. The predicted molar refractivity (Wildman–Crippen MR) is 77.1 cm³/mol. The highest BCUT2D eigenvalue weighted by molar-refractivity contribution is 7.89. The maximum atomic E-state index is 11.1. The van der Waals surface area contributed by atoms with E-state index < -0.39 is 15.9 Å². The summed E-state index contributed by atoms with van der Waals surface area (Å²) in [6.45, 7) is 2.11. The molecule has 1 heterocycles. The minimum Gasteiger partial charge on any atom is -0.446 e. The van der Waals surface area contributed by atoms with E-state index in [1.54, 1.807) is 18.2 Å². The third-order valence-electron chi connectivity index (χ3n) is 2.88. The van der Waals surface area contributed by atoms with Crippen LogP contribution in [0.15, 0.2) is 39.8 Å². The van der Waals surface area contributed by atoms with Crippen molar-refractivity contribution in [2.75, 3.05) is 5.32 Å². The molecule has 0 bridgehead atoms. The third kappa shape index (κ3) is 3.61. The summed E-state index contributed by atoms with van der Waals surface area (Å²) >= 11 is 0. The van der Waals surface area contributed by atoms with Crippen LogP contribution in [0.2, 0.25) is 0 Å². The Kier molecular flexibility index (Phi) is 4.01. The number of nitrogens with two attached hydrogens (primary N) is 2. The van der Waals surface area contributed by atoms with Crippen molar-refractivity contribution in [3.05, 3.63) is 47.2 Å². The molecule has 0 unspecified atom stereocenters. The lowest BCUT2D eigenvalue weighted by Crippen LogP contribution is -2.11. The standard InChI is InChI=1S/C13H15N3O4S/c1-8-6-9(13(14)17)2-4-11(8)16-7-10-3-5-12(20-10)21(15,18)19/h2-6,16H,7H2,1H3,(H2,14,17)(H2,15,18,19). The van der Waals surface area contributed by atoms with Crippen molar-refractivity contribution < 1.29 is 17.6 Å². The van der Waals surface area contributed by atoms with E-state index in [0.717, 1.165) is 11.3 Å². The monoisotopic (exact) mass is 309 g/mol. The average molecular weight is 309 g/mol. The molecule has 7 nitrogen and oxygen atoms in total. The van der Waals surface area contributed by atoms with Crippen LogP contribution in [0, 0.1) is 6.92 Å². The van der Waals surface area contributed by atoms with Gasteiger partial charge in [0, 0.05) is 11.3 Å². The van der Waals surface area contributed by atoms with E-state index in [2.05, 4.69) is 5.32 Å². The van der Waals surface area contributed by atoms with Gasteiger partial charge in [-0.3, -0.25) is 4.79 Å². The fourth-order valence-electron chi connectivity index (χ4n) is 1.80. The highest BCUT2D eigenvalue weighted by atomic mass is 32.2. The first-order valence-corrected chi connectivity index (χ1v) is 7.58. The highest BCUT2D eigenvalue weighted by Crippen LogP contribution is 2.19. The van der Waals surface area contributed by atoms with E-state index >= 15 is 0 Å². The zero-order valence-electron chi connectivity index (χ0n) is 11.3. The summed E-state index contributed by atoms with van der Waals surface area (Å²) in [4.78, 5) is 11.1. The van der Waals surface area contributed by atoms with Gasteiger partial charge in [0.05, 0.1) is 6.54 Å². The lowest BCUT2D eigenvalue weighted by atomic mass is 10.1. The molecule has 0 spiro atoms. The van der Waals surface area contributed by atoms with E-state index in [1.807, 2.05) is 6.92 Å². The first kappa shape index (κ1) is 15.1. The molecule has 2 rings (SSSR count). The molecule has 0 atom stereocenters. The molecule has 2 aromatic rings. The summed E-state index contributed by atoms with van der Waals surface area (Å²) in [6.07, 6.45) is 0. The van der Waals surface area contributed by atoms with Crippen LogP contribution < -0.4 is 16.2 Å². The topological polar surface area (TPSA) is 128 Å². The minimum atomic E-state index is -3.83.